The second-order valence-electron chi connectivity index (χ2n) is 4.97. The van der Waals surface area contributed by atoms with E-state index in [9.17, 15) is 14.9 Å². The van der Waals surface area contributed by atoms with Crippen LogP contribution in [0.15, 0.2) is 42.5 Å². The van der Waals surface area contributed by atoms with Gasteiger partial charge in [0, 0.05) is 17.8 Å². The van der Waals surface area contributed by atoms with Crippen LogP contribution in [0.4, 0.5) is 11.4 Å². The van der Waals surface area contributed by atoms with Crippen molar-refractivity contribution < 1.29 is 19.2 Å². The molecule has 0 aliphatic rings. The molecule has 2 rings (SSSR count). The van der Waals surface area contributed by atoms with E-state index in [0.717, 1.165) is 0 Å². The van der Waals surface area contributed by atoms with E-state index in [0.29, 0.717) is 29.4 Å². The van der Waals surface area contributed by atoms with E-state index in [4.69, 9.17) is 9.47 Å². The van der Waals surface area contributed by atoms with Crippen LogP contribution in [-0.2, 0) is 4.79 Å². The van der Waals surface area contributed by atoms with Crippen LogP contribution in [-0.4, -0.2) is 24.0 Å². The molecule has 0 saturated carbocycles. The number of non-ortho nitro benzene ring substituents is 1. The molecule has 126 valence electrons. The van der Waals surface area contributed by atoms with Crippen LogP contribution >= 0.6 is 0 Å². The third-order valence-corrected chi connectivity index (χ3v) is 3.20. The van der Waals surface area contributed by atoms with Crippen molar-refractivity contribution in [1.29, 1.82) is 0 Å². The minimum Gasteiger partial charge on any atom is -0.490 e. The zero-order valence-corrected chi connectivity index (χ0v) is 13.4. The number of carbonyl (C=O) groups is 1. The van der Waals surface area contributed by atoms with E-state index in [2.05, 4.69) is 5.32 Å². The summed E-state index contributed by atoms with van der Waals surface area (Å²) >= 11 is 0. The van der Waals surface area contributed by atoms with Crippen molar-refractivity contribution in [1.82, 2.24) is 0 Å². The number of nitro groups is 1. The molecule has 1 N–H and O–H groups in total. The smallest absolute Gasteiger partial charge is 0.269 e. The van der Waals surface area contributed by atoms with Crippen LogP contribution in [0.25, 0.3) is 0 Å². The molecule has 0 aliphatic carbocycles. The third kappa shape index (κ3) is 4.45. The molecule has 2 aromatic rings. The largest absolute Gasteiger partial charge is 0.490 e. The van der Waals surface area contributed by atoms with Gasteiger partial charge in [-0.15, -0.1) is 0 Å². The number of ether oxygens (including phenoxy) is 2. The molecular weight excluding hydrogens is 312 g/mol. The topological polar surface area (TPSA) is 90.7 Å². The molecule has 0 heterocycles. The Morgan fingerprint density at radius 3 is 2.42 bits per heavy atom. The molecule has 7 heteroatoms. The molecule has 0 unspecified atom stereocenters. The number of nitrogens with one attached hydrogen (secondary N) is 1. The summed E-state index contributed by atoms with van der Waals surface area (Å²) < 4.78 is 10.9. The van der Waals surface area contributed by atoms with Crippen LogP contribution in [0.3, 0.4) is 0 Å². The fraction of sp³-hybridized carbons (Fsp3) is 0.235. The highest BCUT2D eigenvalue weighted by Gasteiger charge is 2.11. The van der Waals surface area contributed by atoms with Crippen molar-refractivity contribution >= 4 is 17.3 Å². The summed E-state index contributed by atoms with van der Waals surface area (Å²) in [4.78, 5) is 22.3. The lowest BCUT2D eigenvalue weighted by atomic mass is 10.2. The van der Waals surface area contributed by atoms with E-state index in [1.165, 1.54) is 18.2 Å². The van der Waals surface area contributed by atoms with Crippen molar-refractivity contribution in [2.75, 3.05) is 18.5 Å². The van der Waals surface area contributed by atoms with E-state index >= 15 is 0 Å². The lowest BCUT2D eigenvalue weighted by Crippen LogP contribution is -2.20. The number of hydrogen-bond acceptors (Lipinski definition) is 5. The lowest BCUT2D eigenvalue weighted by molar-refractivity contribution is -0.384. The number of benzene rings is 2. The van der Waals surface area contributed by atoms with Crippen LogP contribution in [0.2, 0.25) is 0 Å². The van der Waals surface area contributed by atoms with Gasteiger partial charge in [0.15, 0.2) is 18.1 Å². The highest BCUT2D eigenvalue weighted by atomic mass is 16.6. The third-order valence-electron chi connectivity index (χ3n) is 3.20. The molecule has 0 atom stereocenters. The Morgan fingerprint density at radius 2 is 1.83 bits per heavy atom. The van der Waals surface area contributed by atoms with Crippen molar-refractivity contribution in [3.05, 3.63) is 58.1 Å². The minimum absolute atomic E-state index is 0.0209. The normalized spacial score (nSPS) is 10.1. The van der Waals surface area contributed by atoms with Gasteiger partial charge < -0.3 is 14.8 Å². The fourth-order valence-corrected chi connectivity index (χ4v) is 2.08. The monoisotopic (exact) mass is 330 g/mol. The van der Waals surface area contributed by atoms with Gasteiger partial charge in [-0.2, -0.15) is 0 Å². The van der Waals surface area contributed by atoms with Crippen molar-refractivity contribution in [3.8, 4) is 11.5 Å². The summed E-state index contributed by atoms with van der Waals surface area (Å²) in [6, 6.07) is 11.3. The Labute approximate surface area is 139 Å². The first kappa shape index (κ1) is 17.3. The molecule has 0 radical (unpaired) electrons. The maximum Gasteiger partial charge on any atom is 0.269 e. The average molecular weight is 330 g/mol. The van der Waals surface area contributed by atoms with Gasteiger partial charge in [0.25, 0.3) is 11.6 Å². The maximum absolute atomic E-state index is 12.0. The summed E-state index contributed by atoms with van der Waals surface area (Å²) in [6.45, 7) is 3.85. The molecule has 0 aromatic heterocycles. The van der Waals surface area contributed by atoms with Crippen molar-refractivity contribution in [3.63, 3.8) is 0 Å². The van der Waals surface area contributed by atoms with E-state index in [1.54, 1.807) is 25.1 Å². The molecule has 0 fully saturated rings. The fourth-order valence-electron chi connectivity index (χ4n) is 2.08. The van der Waals surface area contributed by atoms with E-state index < -0.39 is 4.92 Å². The summed E-state index contributed by atoms with van der Waals surface area (Å²) in [5.41, 5.74) is 1.09. The number of rotatable bonds is 7. The molecule has 0 bridgehead atoms. The SMILES string of the molecule is CCOc1ccccc1OCC(=O)Nc1ccc([N+](=O)[O-])cc1C. The number of anilines is 1. The van der Waals surface area contributed by atoms with Crippen LogP contribution in [0.5, 0.6) is 11.5 Å². The number of amides is 1. The number of para-hydroxylation sites is 2. The summed E-state index contributed by atoms with van der Waals surface area (Å²) in [7, 11) is 0. The summed E-state index contributed by atoms with van der Waals surface area (Å²) in [5.74, 6) is 0.687. The Morgan fingerprint density at radius 1 is 1.17 bits per heavy atom. The van der Waals surface area contributed by atoms with Gasteiger partial charge in [0.2, 0.25) is 0 Å². The first-order chi connectivity index (χ1) is 11.5. The first-order valence-electron chi connectivity index (χ1n) is 7.40. The Balaban J connectivity index is 1.98. The molecule has 2 aromatic carbocycles. The average Bonchev–Trinajstić information content (AvgIpc) is 2.56. The number of carbonyl (C=O) groups excluding carboxylic acids is 1. The summed E-state index contributed by atoms with van der Waals surface area (Å²) in [5, 5.41) is 13.4. The number of nitrogens with zero attached hydrogens (tertiary/aromatic N) is 1. The van der Waals surface area contributed by atoms with Gasteiger partial charge in [-0.1, -0.05) is 12.1 Å². The summed E-state index contributed by atoms with van der Waals surface area (Å²) in [6.07, 6.45) is 0. The highest BCUT2D eigenvalue weighted by Crippen LogP contribution is 2.26. The van der Waals surface area contributed by atoms with E-state index in [-0.39, 0.29) is 18.2 Å². The van der Waals surface area contributed by atoms with Gasteiger partial charge in [-0.25, -0.2) is 0 Å². The van der Waals surface area contributed by atoms with Crippen molar-refractivity contribution in [2.24, 2.45) is 0 Å². The molecule has 0 spiro atoms. The molecule has 24 heavy (non-hydrogen) atoms. The van der Waals surface area contributed by atoms with Crippen LogP contribution in [0, 0.1) is 17.0 Å². The Bertz CT molecular complexity index is 746. The van der Waals surface area contributed by atoms with Gasteiger partial charge in [0.1, 0.15) is 0 Å². The lowest BCUT2D eigenvalue weighted by Gasteiger charge is -2.12. The van der Waals surface area contributed by atoms with Crippen molar-refractivity contribution in [2.45, 2.75) is 13.8 Å². The molecule has 7 nitrogen and oxygen atoms in total. The number of hydrogen-bond donors (Lipinski definition) is 1. The zero-order valence-electron chi connectivity index (χ0n) is 13.4. The van der Waals surface area contributed by atoms with Crippen LogP contribution in [0.1, 0.15) is 12.5 Å². The van der Waals surface area contributed by atoms with Gasteiger partial charge in [-0.3, -0.25) is 14.9 Å². The molecule has 0 saturated heterocycles. The second-order valence-corrected chi connectivity index (χ2v) is 4.97. The molecular formula is C17H18N2O5. The number of aryl methyl sites for hydroxylation is 1. The minimum atomic E-state index is -0.480. The van der Waals surface area contributed by atoms with Crippen LogP contribution < -0.4 is 14.8 Å². The Kier molecular flexibility index (Phi) is 5.73. The predicted octanol–water partition coefficient (Wildman–Crippen LogP) is 3.32. The quantitative estimate of drug-likeness (QED) is 0.621. The molecule has 1 amide bonds. The standard InChI is InChI=1S/C17H18N2O5/c1-3-23-15-6-4-5-7-16(15)24-11-17(20)18-14-9-8-13(19(21)22)10-12(14)2/h4-10H,3,11H2,1-2H3,(H,18,20). The van der Waals surface area contributed by atoms with E-state index in [1.807, 2.05) is 13.0 Å². The maximum atomic E-state index is 12.0. The van der Waals surface area contributed by atoms with Gasteiger partial charge in [0.05, 0.1) is 11.5 Å². The second kappa shape index (κ2) is 7.96. The Hall–Kier alpha value is -3.09. The molecule has 0 aliphatic heterocycles. The predicted molar refractivity (Wildman–Crippen MR) is 89.6 cm³/mol. The number of nitro benzene ring substituents is 1. The van der Waals surface area contributed by atoms with Gasteiger partial charge >= 0.3 is 0 Å². The highest BCUT2D eigenvalue weighted by molar-refractivity contribution is 5.92. The van der Waals surface area contributed by atoms with Gasteiger partial charge in [-0.05, 0) is 37.6 Å². The first-order valence-corrected chi connectivity index (χ1v) is 7.40. The zero-order chi connectivity index (χ0) is 17.5.